The third kappa shape index (κ3) is 3.50. The molecule has 1 unspecified atom stereocenters. The lowest BCUT2D eigenvalue weighted by molar-refractivity contribution is 0.0923. The van der Waals surface area contributed by atoms with Gasteiger partial charge >= 0.3 is 0 Å². The van der Waals surface area contributed by atoms with E-state index in [1.54, 1.807) is 0 Å². The van der Waals surface area contributed by atoms with Gasteiger partial charge in [0.15, 0.2) is 0 Å². The summed E-state index contributed by atoms with van der Waals surface area (Å²) in [7, 11) is 0. The standard InChI is InChI=1S/C15H21BrN2O/c16-13-3-1-5-15(11-13)19-10-9-17-7-8-18-6-2-4-14(18)12-17/h1,3,5,11,14H,2,4,6-10,12H2. The average molecular weight is 325 g/mol. The van der Waals surface area contributed by atoms with Crippen LogP contribution in [-0.2, 0) is 0 Å². The molecule has 2 aliphatic rings. The Bertz CT molecular complexity index is 426. The molecule has 0 bridgehead atoms. The lowest BCUT2D eigenvalue weighted by Gasteiger charge is -2.37. The molecule has 1 aromatic carbocycles. The predicted octanol–water partition coefficient (Wildman–Crippen LogP) is 2.61. The summed E-state index contributed by atoms with van der Waals surface area (Å²) in [6.07, 6.45) is 2.76. The monoisotopic (exact) mass is 324 g/mol. The van der Waals surface area contributed by atoms with Crippen molar-refractivity contribution in [3.05, 3.63) is 28.7 Å². The molecule has 1 atom stereocenters. The molecule has 3 nitrogen and oxygen atoms in total. The Morgan fingerprint density at radius 2 is 2.21 bits per heavy atom. The minimum Gasteiger partial charge on any atom is -0.492 e. The summed E-state index contributed by atoms with van der Waals surface area (Å²) >= 11 is 3.47. The van der Waals surface area contributed by atoms with Gasteiger partial charge in [0, 0.05) is 36.7 Å². The molecule has 0 radical (unpaired) electrons. The number of piperazine rings is 1. The average Bonchev–Trinajstić information content (AvgIpc) is 2.86. The number of hydrogen-bond donors (Lipinski definition) is 0. The topological polar surface area (TPSA) is 15.7 Å². The van der Waals surface area contributed by atoms with Crippen LogP contribution in [0.2, 0.25) is 0 Å². The van der Waals surface area contributed by atoms with Gasteiger partial charge in [0.2, 0.25) is 0 Å². The molecule has 0 aliphatic carbocycles. The lowest BCUT2D eigenvalue weighted by atomic mass is 10.1. The second-order valence-corrected chi connectivity index (χ2v) is 6.35. The Morgan fingerprint density at radius 1 is 1.26 bits per heavy atom. The molecule has 0 amide bonds. The molecule has 2 heterocycles. The zero-order valence-corrected chi connectivity index (χ0v) is 12.8. The summed E-state index contributed by atoms with van der Waals surface area (Å²) in [6.45, 7) is 6.79. The Labute approximate surface area is 123 Å². The van der Waals surface area contributed by atoms with E-state index >= 15 is 0 Å². The highest BCUT2D eigenvalue weighted by Gasteiger charge is 2.30. The summed E-state index contributed by atoms with van der Waals surface area (Å²) in [5.41, 5.74) is 0. The largest absolute Gasteiger partial charge is 0.492 e. The third-order valence-corrected chi connectivity index (χ3v) is 4.64. The molecule has 19 heavy (non-hydrogen) atoms. The van der Waals surface area contributed by atoms with Crippen LogP contribution in [0.5, 0.6) is 5.75 Å². The smallest absolute Gasteiger partial charge is 0.120 e. The van der Waals surface area contributed by atoms with E-state index in [0.29, 0.717) is 0 Å². The lowest BCUT2D eigenvalue weighted by Crippen LogP contribution is -2.50. The second-order valence-electron chi connectivity index (χ2n) is 5.44. The molecule has 4 heteroatoms. The van der Waals surface area contributed by atoms with E-state index in [-0.39, 0.29) is 0 Å². The molecule has 1 aromatic rings. The van der Waals surface area contributed by atoms with Crippen LogP contribution in [0.4, 0.5) is 0 Å². The van der Waals surface area contributed by atoms with Crippen molar-refractivity contribution in [1.29, 1.82) is 0 Å². The van der Waals surface area contributed by atoms with E-state index in [2.05, 4.69) is 25.7 Å². The van der Waals surface area contributed by atoms with Gasteiger partial charge in [-0.15, -0.1) is 0 Å². The highest BCUT2D eigenvalue weighted by molar-refractivity contribution is 9.10. The SMILES string of the molecule is Brc1cccc(OCCN2CCN3CCCC3C2)c1. The van der Waals surface area contributed by atoms with E-state index in [9.17, 15) is 0 Å². The van der Waals surface area contributed by atoms with Gasteiger partial charge in [-0.2, -0.15) is 0 Å². The number of halogens is 1. The van der Waals surface area contributed by atoms with Gasteiger partial charge in [0.25, 0.3) is 0 Å². The number of benzene rings is 1. The van der Waals surface area contributed by atoms with Crippen LogP contribution in [0.3, 0.4) is 0 Å². The fourth-order valence-electron chi connectivity index (χ4n) is 3.11. The van der Waals surface area contributed by atoms with Gasteiger partial charge in [-0.1, -0.05) is 22.0 Å². The number of nitrogens with zero attached hydrogens (tertiary/aromatic N) is 2. The van der Waals surface area contributed by atoms with Gasteiger partial charge in [-0.25, -0.2) is 0 Å². The molecule has 2 fully saturated rings. The zero-order chi connectivity index (χ0) is 13.1. The molecule has 2 saturated heterocycles. The first-order valence-corrected chi connectivity index (χ1v) is 7.95. The molecule has 0 saturated carbocycles. The Balaban J connectivity index is 1.43. The van der Waals surface area contributed by atoms with Gasteiger partial charge in [0.05, 0.1) is 0 Å². The van der Waals surface area contributed by atoms with Gasteiger partial charge in [0.1, 0.15) is 12.4 Å². The van der Waals surface area contributed by atoms with Crippen molar-refractivity contribution in [3.63, 3.8) is 0 Å². The highest BCUT2D eigenvalue weighted by atomic mass is 79.9. The van der Waals surface area contributed by atoms with Crippen LogP contribution in [0.1, 0.15) is 12.8 Å². The highest BCUT2D eigenvalue weighted by Crippen LogP contribution is 2.21. The molecule has 104 valence electrons. The van der Waals surface area contributed by atoms with Crippen molar-refractivity contribution in [1.82, 2.24) is 9.80 Å². The first kappa shape index (κ1) is 13.4. The Morgan fingerprint density at radius 3 is 3.11 bits per heavy atom. The van der Waals surface area contributed by atoms with E-state index in [0.717, 1.165) is 29.4 Å². The number of fused-ring (bicyclic) bond motifs is 1. The fourth-order valence-corrected chi connectivity index (χ4v) is 3.49. The van der Waals surface area contributed by atoms with Crippen LogP contribution >= 0.6 is 15.9 Å². The maximum atomic E-state index is 5.82. The predicted molar refractivity (Wildman–Crippen MR) is 80.7 cm³/mol. The molecule has 0 aromatic heterocycles. The first-order valence-electron chi connectivity index (χ1n) is 7.16. The van der Waals surface area contributed by atoms with Crippen LogP contribution in [0, 0.1) is 0 Å². The van der Waals surface area contributed by atoms with Gasteiger partial charge in [-0.05, 0) is 37.6 Å². The van der Waals surface area contributed by atoms with Crippen molar-refractivity contribution >= 4 is 15.9 Å². The zero-order valence-electron chi connectivity index (χ0n) is 11.2. The minimum atomic E-state index is 0.781. The number of hydrogen-bond acceptors (Lipinski definition) is 3. The normalized spacial score (nSPS) is 24.4. The molecule has 0 N–H and O–H groups in total. The fraction of sp³-hybridized carbons (Fsp3) is 0.600. The van der Waals surface area contributed by atoms with Crippen LogP contribution in [-0.4, -0.2) is 55.2 Å². The number of rotatable bonds is 4. The maximum Gasteiger partial charge on any atom is 0.120 e. The molecule has 0 spiro atoms. The summed E-state index contributed by atoms with van der Waals surface area (Å²) in [5, 5.41) is 0. The van der Waals surface area contributed by atoms with Gasteiger partial charge < -0.3 is 4.74 Å². The summed E-state index contributed by atoms with van der Waals surface area (Å²) in [5.74, 6) is 0.953. The third-order valence-electron chi connectivity index (χ3n) is 4.14. The first-order chi connectivity index (χ1) is 9.31. The van der Waals surface area contributed by atoms with Gasteiger partial charge in [-0.3, -0.25) is 9.80 Å². The Kier molecular flexibility index (Phi) is 4.41. The van der Waals surface area contributed by atoms with E-state index < -0.39 is 0 Å². The quantitative estimate of drug-likeness (QED) is 0.846. The molecular weight excluding hydrogens is 304 g/mol. The summed E-state index contributed by atoms with van der Waals surface area (Å²) in [4.78, 5) is 5.19. The molecular formula is C15H21BrN2O. The second kappa shape index (κ2) is 6.25. The van der Waals surface area contributed by atoms with Crippen molar-refractivity contribution in [2.75, 3.05) is 39.3 Å². The summed E-state index contributed by atoms with van der Waals surface area (Å²) < 4.78 is 6.89. The van der Waals surface area contributed by atoms with Crippen LogP contribution in [0.15, 0.2) is 28.7 Å². The van der Waals surface area contributed by atoms with Crippen molar-refractivity contribution in [2.24, 2.45) is 0 Å². The molecule has 3 rings (SSSR count). The van der Waals surface area contributed by atoms with E-state index in [4.69, 9.17) is 4.74 Å². The molecule has 2 aliphatic heterocycles. The van der Waals surface area contributed by atoms with Crippen molar-refractivity contribution in [2.45, 2.75) is 18.9 Å². The van der Waals surface area contributed by atoms with E-state index in [1.165, 1.54) is 39.0 Å². The number of ether oxygens (including phenoxy) is 1. The van der Waals surface area contributed by atoms with E-state index in [1.807, 2.05) is 24.3 Å². The van der Waals surface area contributed by atoms with Crippen molar-refractivity contribution in [3.8, 4) is 5.75 Å². The Hall–Kier alpha value is -0.580. The van der Waals surface area contributed by atoms with Crippen LogP contribution < -0.4 is 4.74 Å². The summed E-state index contributed by atoms with van der Waals surface area (Å²) in [6, 6.07) is 8.87. The van der Waals surface area contributed by atoms with Crippen LogP contribution in [0.25, 0.3) is 0 Å². The maximum absolute atomic E-state index is 5.82. The minimum absolute atomic E-state index is 0.781. The van der Waals surface area contributed by atoms with Crippen molar-refractivity contribution < 1.29 is 4.74 Å².